The smallest absolute Gasteiger partial charge is 0.322 e. The fraction of sp³-hybridized carbons (Fsp3) is 0.571. The Morgan fingerprint density at radius 1 is 1.05 bits per heavy atom. The Bertz CT molecular complexity index is 1310. The van der Waals surface area contributed by atoms with Gasteiger partial charge in [0.1, 0.15) is 6.04 Å². The minimum atomic E-state index is -4.46. The molecule has 2 fully saturated rings. The number of hydrogen-bond donors (Lipinski definition) is 3. The van der Waals surface area contributed by atoms with E-state index in [1.165, 1.54) is 0 Å². The average molecular weight is 544 g/mol. The summed E-state index contributed by atoms with van der Waals surface area (Å²) in [5, 5.41) is 12.2. The molecule has 6 rings (SSSR count). The van der Waals surface area contributed by atoms with E-state index in [1.807, 2.05) is 12.1 Å². The molecule has 0 radical (unpaired) electrons. The highest BCUT2D eigenvalue weighted by atomic mass is 19.4. The molecule has 2 aliphatic heterocycles. The predicted molar refractivity (Wildman–Crippen MR) is 134 cm³/mol. The van der Waals surface area contributed by atoms with Gasteiger partial charge < -0.3 is 10.2 Å². The lowest BCUT2D eigenvalue weighted by molar-refractivity contribution is -0.142. The van der Waals surface area contributed by atoms with Crippen molar-refractivity contribution in [3.63, 3.8) is 0 Å². The normalized spacial score (nSPS) is 27.4. The third kappa shape index (κ3) is 5.08. The standard InChI is InChI=1S/C28H32F3N5O3/c29-28(30,31)25-20-13-18(6-8-22(20)34-35-25)32-21-4-2-1-3-16(21)11-15-5-7-19-17(12-15)14-36(27(19)39)23-9-10-24(37)33-26(23)38/h5,7,12,16,18,21,23,32H,1-4,6,8-11,13-14H2,(H,34,35)(H,33,37,38)/t16-,18?,21+,23?/m1/s1. The number of fused-ring (bicyclic) bond motifs is 2. The van der Waals surface area contributed by atoms with Gasteiger partial charge in [-0.1, -0.05) is 25.0 Å². The van der Waals surface area contributed by atoms with Gasteiger partial charge in [0.05, 0.1) is 0 Å². The number of aryl methyl sites for hydroxylation is 1. The van der Waals surface area contributed by atoms with Crippen molar-refractivity contribution in [3.05, 3.63) is 51.8 Å². The van der Waals surface area contributed by atoms with Crippen LogP contribution in [-0.4, -0.2) is 50.9 Å². The summed E-state index contributed by atoms with van der Waals surface area (Å²) in [6.45, 7) is 0.345. The number of nitrogens with zero attached hydrogens (tertiary/aromatic N) is 2. The Morgan fingerprint density at radius 3 is 2.67 bits per heavy atom. The van der Waals surface area contributed by atoms with Crippen molar-refractivity contribution >= 4 is 17.7 Å². The summed E-state index contributed by atoms with van der Waals surface area (Å²) in [6, 6.07) is 5.41. The molecular weight excluding hydrogens is 511 g/mol. The highest BCUT2D eigenvalue weighted by Gasteiger charge is 2.41. The first-order valence-corrected chi connectivity index (χ1v) is 13.8. The van der Waals surface area contributed by atoms with Crippen molar-refractivity contribution in [3.8, 4) is 0 Å². The van der Waals surface area contributed by atoms with E-state index in [4.69, 9.17) is 0 Å². The minimum Gasteiger partial charge on any atom is -0.322 e. The van der Waals surface area contributed by atoms with E-state index in [1.54, 1.807) is 4.90 Å². The molecular formula is C28H32F3N5O3. The van der Waals surface area contributed by atoms with Crippen LogP contribution in [0.25, 0.3) is 0 Å². The van der Waals surface area contributed by atoms with Crippen molar-refractivity contribution < 1.29 is 27.6 Å². The van der Waals surface area contributed by atoms with Gasteiger partial charge in [0.15, 0.2) is 5.69 Å². The molecule has 8 nitrogen and oxygen atoms in total. The van der Waals surface area contributed by atoms with Crippen LogP contribution in [0.4, 0.5) is 13.2 Å². The van der Waals surface area contributed by atoms with Crippen LogP contribution in [0, 0.1) is 5.92 Å². The molecule has 3 N–H and O–H groups in total. The SMILES string of the molecule is O=C1CCC(N2Cc3cc(C[C@H]4CCCC[C@@H]4NC4CCc5[nH]nc(C(F)(F)F)c5C4)ccc3C2=O)C(=O)N1. The summed E-state index contributed by atoms with van der Waals surface area (Å²) in [5.41, 5.74) is 2.71. The molecule has 4 aliphatic rings. The Hall–Kier alpha value is -3.21. The Morgan fingerprint density at radius 2 is 1.87 bits per heavy atom. The third-order valence-corrected chi connectivity index (χ3v) is 8.86. The van der Waals surface area contributed by atoms with E-state index in [0.29, 0.717) is 48.5 Å². The fourth-order valence-electron chi connectivity index (χ4n) is 6.90. The average Bonchev–Trinajstić information content (AvgIpc) is 3.46. The van der Waals surface area contributed by atoms with Crippen LogP contribution >= 0.6 is 0 Å². The van der Waals surface area contributed by atoms with Crippen LogP contribution in [-0.2, 0) is 41.6 Å². The van der Waals surface area contributed by atoms with Crippen molar-refractivity contribution in [2.45, 2.75) is 95.1 Å². The number of halogens is 3. The molecule has 1 saturated heterocycles. The zero-order valence-corrected chi connectivity index (χ0v) is 21.6. The zero-order valence-electron chi connectivity index (χ0n) is 21.6. The van der Waals surface area contributed by atoms with Crippen LogP contribution in [0.2, 0.25) is 0 Å². The van der Waals surface area contributed by atoms with Gasteiger partial charge in [-0.25, -0.2) is 0 Å². The number of piperidine rings is 1. The largest absolute Gasteiger partial charge is 0.435 e. The van der Waals surface area contributed by atoms with Crippen LogP contribution in [0.15, 0.2) is 18.2 Å². The first-order valence-electron chi connectivity index (χ1n) is 13.8. The second-order valence-corrected chi connectivity index (χ2v) is 11.4. The number of alkyl halides is 3. The summed E-state index contributed by atoms with van der Waals surface area (Å²) >= 11 is 0. The minimum absolute atomic E-state index is 0.0264. The van der Waals surface area contributed by atoms with Gasteiger partial charge in [0, 0.05) is 41.9 Å². The van der Waals surface area contributed by atoms with Gasteiger partial charge >= 0.3 is 6.18 Å². The maximum Gasteiger partial charge on any atom is 0.435 e. The monoisotopic (exact) mass is 543 g/mol. The quantitative estimate of drug-likeness (QED) is 0.501. The van der Waals surface area contributed by atoms with E-state index < -0.39 is 23.8 Å². The molecule has 208 valence electrons. The van der Waals surface area contributed by atoms with Crippen LogP contribution in [0.1, 0.15) is 83.4 Å². The van der Waals surface area contributed by atoms with Gasteiger partial charge in [-0.3, -0.25) is 24.8 Å². The summed E-state index contributed by atoms with van der Waals surface area (Å²) in [7, 11) is 0. The highest BCUT2D eigenvalue weighted by molar-refractivity contribution is 6.05. The van der Waals surface area contributed by atoms with E-state index in [9.17, 15) is 27.6 Å². The molecule has 4 atom stereocenters. The van der Waals surface area contributed by atoms with E-state index in [0.717, 1.165) is 49.7 Å². The lowest BCUT2D eigenvalue weighted by atomic mass is 9.79. The summed E-state index contributed by atoms with van der Waals surface area (Å²) in [6.07, 6.45) is 2.78. The van der Waals surface area contributed by atoms with Crippen molar-refractivity contribution in [2.24, 2.45) is 5.92 Å². The molecule has 1 aromatic carbocycles. The maximum atomic E-state index is 13.4. The highest BCUT2D eigenvalue weighted by Crippen LogP contribution is 2.36. The van der Waals surface area contributed by atoms with Gasteiger partial charge in [-0.05, 0) is 68.1 Å². The van der Waals surface area contributed by atoms with Gasteiger partial charge in [0.2, 0.25) is 11.8 Å². The molecule has 0 spiro atoms. The van der Waals surface area contributed by atoms with Crippen LogP contribution in [0.5, 0.6) is 0 Å². The molecule has 11 heteroatoms. The number of H-pyrrole nitrogens is 1. The number of imide groups is 1. The lowest BCUT2D eigenvalue weighted by Crippen LogP contribution is -2.52. The summed E-state index contributed by atoms with van der Waals surface area (Å²) in [5.74, 6) is -0.570. The van der Waals surface area contributed by atoms with E-state index in [-0.39, 0.29) is 30.3 Å². The van der Waals surface area contributed by atoms with Crippen molar-refractivity contribution in [1.82, 2.24) is 25.7 Å². The fourth-order valence-corrected chi connectivity index (χ4v) is 6.90. The van der Waals surface area contributed by atoms with Crippen LogP contribution in [0.3, 0.4) is 0 Å². The van der Waals surface area contributed by atoms with E-state index in [2.05, 4.69) is 26.9 Å². The predicted octanol–water partition coefficient (Wildman–Crippen LogP) is 3.44. The summed E-state index contributed by atoms with van der Waals surface area (Å²) < 4.78 is 40.3. The number of nitrogens with one attached hydrogen (secondary N) is 3. The second kappa shape index (κ2) is 10.1. The Balaban J connectivity index is 1.13. The molecule has 2 aromatic rings. The Kier molecular flexibility index (Phi) is 6.73. The molecule has 2 unspecified atom stereocenters. The first kappa shape index (κ1) is 26.0. The Labute approximate surface area is 224 Å². The number of amides is 3. The van der Waals surface area contributed by atoms with Gasteiger partial charge in [-0.2, -0.15) is 18.3 Å². The molecule has 39 heavy (non-hydrogen) atoms. The van der Waals surface area contributed by atoms with Crippen LogP contribution < -0.4 is 10.6 Å². The number of hydrogen-bond acceptors (Lipinski definition) is 5. The van der Waals surface area contributed by atoms with Crippen molar-refractivity contribution in [1.29, 1.82) is 0 Å². The van der Waals surface area contributed by atoms with Crippen molar-refractivity contribution in [2.75, 3.05) is 0 Å². The van der Waals surface area contributed by atoms with Gasteiger partial charge in [0.25, 0.3) is 5.91 Å². The second-order valence-electron chi connectivity index (χ2n) is 11.4. The maximum absolute atomic E-state index is 13.4. The van der Waals surface area contributed by atoms with Gasteiger partial charge in [-0.15, -0.1) is 0 Å². The summed E-state index contributed by atoms with van der Waals surface area (Å²) in [4.78, 5) is 38.5. The lowest BCUT2D eigenvalue weighted by Gasteiger charge is -2.36. The molecule has 3 amide bonds. The first-order chi connectivity index (χ1) is 18.7. The number of aromatic amines is 1. The molecule has 1 saturated carbocycles. The molecule has 2 aliphatic carbocycles. The number of aromatic nitrogens is 2. The number of carbonyl (C=O) groups excluding carboxylic acids is 3. The molecule has 1 aromatic heterocycles. The number of benzene rings is 1. The number of carbonyl (C=O) groups is 3. The van der Waals surface area contributed by atoms with E-state index >= 15 is 0 Å². The molecule has 0 bridgehead atoms. The number of rotatable bonds is 5. The topological polar surface area (TPSA) is 107 Å². The molecule has 3 heterocycles. The third-order valence-electron chi connectivity index (χ3n) is 8.86. The zero-order chi connectivity index (χ0) is 27.3.